The highest BCUT2D eigenvalue weighted by Crippen LogP contribution is 2.23. The first kappa shape index (κ1) is 4.57. The van der Waals surface area contributed by atoms with Gasteiger partial charge in [0.05, 0.1) is 0 Å². The summed E-state index contributed by atoms with van der Waals surface area (Å²) in [5.41, 5.74) is 1.31. The molecule has 7 heavy (non-hydrogen) atoms. The van der Waals surface area contributed by atoms with Gasteiger partial charge in [0, 0.05) is 0 Å². The molecule has 0 spiro atoms. The van der Waals surface area contributed by atoms with Crippen LogP contribution in [0.2, 0.25) is 0 Å². The third kappa shape index (κ3) is 0.889. The smallest absolute Gasteiger partial charge is 0.142 e. The molecular formula is C6H8O. The zero-order valence-corrected chi connectivity index (χ0v) is 4.18. The summed E-state index contributed by atoms with van der Waals surface area (Å²) in [6, 6.07) is 0. The summed E-state index contributed by atoms with van der Waals surface area (Å²) in [5.74, 6) is 0. The van der Waals surface area contributed by atoms with Crippen molar-refractivity contribution in [1.29, 1.82) is 0 Å². The molecule has 0 amide bonds. The van der Waals surface area contributed by atoms with E-state index in [1.165, 1.54) is 12.0 Å². The molecule has 1 nitrogen and oxygen atoms in total. The van der Waals surface area contributed by atoms with Crippen molar-refractivity contribution in [1.82, 2.24) is 0 Å². The quantitative estimate of drug-likeness (QED) is 0.355. The molecule has 1 rings (SSSR count). The van der Waals surface area contributed by atoms with Crippen LogP contribution in [0.15, 0.2) is 11.6 Å². The van der Waals surface area contributed by atoms with Crippen molar-refractivity contribution in [2.24, 2.45) is 0 Å². The number of carbonyl (C=O) groups excluding carboxylic acids is 1. The number of carbonyl (C=O) groups is 1. The maximum absolute atomic E-state index is 9.73. The molecule has 0 saturated heterocycles. The van der Waals surface area contributed by atoms with Gasteiger partial charge in [-0.1, -0.05) is 5.57 Å². The monoisotopic (exact) mass is 96.1 g/mol. The molecule has 0 heterocycles. The summed E-state index contributed by atoms with van der Waals surface area (Å²) in [7, 11) is 0. The lowest BCUT2D eigenvalue weighted by molar-refractivity contribution is -0.104. The third-order valence-electron chi connectivity index (χ3n) is 1.30. The van der Waals surface area contributed by atoms with Crippen LogP contribution in [0, 0.1) is 0 Å². The number of aldehydes is 1. The summed E-state index contributed by atoms with van der Waals surface area (Å²) >= 11 is 0. The minimum atomic E-state index is 0.870. The molecule has 38 valence electrons. The van der Waals surface area contributed by atoms with E-state index in [1.54, 1.807) is 6.08 Å². The number of hydrogen-bond acceptors (Lipinski definition) is 1. The first-order valence-electron chi connectivity index (χ1n) is 2.56. The van der Waals surface area contributed by atoms with Crippen molar-refractivity contribution in [3.05, 3.63) is 11.6 Å². The van der Waals surface area contributed by atoms with E-state index < -0.39 is 0 Å². The summed E-state index contributed by atoms with van der Waals surface area (Å²) in [6.45, 7) is 0. The van der Waals surface area contributed by atoms with E-state index in [0.29, 0.717) is 0 Å². The van der Waals surface area contributed by atoms with Crippen molar-refractivity contribution in [2.75, 3.05) is 0 Å². The minimum Gasteiger partial charge on any atom is -0.299 e. The van der Waals surface area contributed by atoms with Gasteiger partial charge in [0.1, 0.15) is 6.29 Å². The molecule has 0 atom stereocenters. The maximum Gasteiger partial charge on any atom is 0.142 e. The molecule has 0 aliphatic heterocycles. The fourth-order valence-corrected chi connectivity index (χ4v) is 0.644. The van der Waals surface area contributed by atoms with Crippen LogP contribution < -0.4 is 0 Å². The van der Waals surface area contributed by atoms with Crippen molar-refractivity contribution < 1.29 is 4.79 Å². The van der Waals surface area contributed by atoms with Crippen LogP contribution in [0.3, 0.4) is 0 Å². The fraction of sp³-hybridized carbons (Fsp3) is 0.500. The largest absolute Gasteiger partial charge is 0.299 e. The maximum atomic E-state index is 9.73. The predicted octanol–water partition coefficient (Wildman–Crippen LogP) is 1.30. The Morgan fingerprint density at radius 3 is 2.29 bits per heavy atom. The zero-order valence-electron chi connectivity index (χ0n) is 4.18. The van der Waals surface area contributed by atoms with Crippen molar-refractivity contribution in [3.63, 3.8) is 0 Å². The van der Waals surface area contributed by atoms with E-state index >= 15 is 0 Å². The van der Waals surface area contributed by atoms with Crippen molar-refractivity contribution in [2.45, 2.75) is 19.3 Å². The second kappa shape index (κ2) is 1.92. The molecule has 0 aromatic rings. The molecule has 0 aromatic heterocycles. The first-order chi connectivity index (χ1) is 3.43. The Balaban J connectivity index is 2.36. The highest BCUT2D eigenvalue weighted by Gasteiger charge is 2.05. The van der Waals surface area contributed by atoms with Gasteiger partial charge in [0.25, 0.3) is 0 Å². The van der Waals surface area contributed by atoms with E-state index in [4.69, 9.17) is 0 Å². The van der Waals surface area contributed by atoms with Crippen LogP contribution in [0.4, 0.5) is 0 Å². The van der Waals surface area contributed by atoms with Crippen LogP contribution in [-0.4, -0.2) is 6.29 Å². The van der Waals surface area contributed by atoms with E-state index in [0.717, 1.165) is 19.1 Å². The molecule has 1 fully saturated rings. The van der Waals surface area contributed by atoms with E-state index in [1.807, 2.05) is 0 Å². The topological polar surface area (TPSA) is 17.1 Å². The standard InChI is InChI=1S/C6H8O/c7-5-4-6-2-1-3-6/h4-5H,1-3H2. The van der Waals surface area contributed by atoms with Gasteiger partial charge in [-0.15, -0.1) is 0 Å². The number of rotatable bonds is 1. The Bertz CT molecular complexity index is 96.7. The number of hydrogen-bond donors (Lipinski definition) is 0. The van der Waals surface area contributed by atoms with Gasteiger partial charge in [-0.05, 0) is 25.3 Å². The van der Waals surface area contributed by atoms with E-state index in [9.17, 15) is 4.79 Å². The molecule has 1 saturated carbocycles. The summed E-state index contributed by atoms with van der Waals surface area (Å²) in [4.78, 5) is 9.73. The fourth-order valence-electron chi connectivity index (χ4n) is 0.644. The predicted molar refractivity (Wildman–Crippen MR) is 28.0 cm³/mol. The normalized spacial score (nSPS) is 18.0. The average Bonchev–Trinajstić information content (AvgIpc) is 1.55. The summed E-state index contributed by atoms with van der Waals surface area (Å²) < 4.78 is 0. The molecule has 0 unspecified atom stereocenters. The van der Waals surface area contributed by atoms with Crippen LogP contribution >= 0.6 is 0 Å². The van der Waals surface area contributed by atoms with Crippen LogP contribution in [-0.2, 0) is 4.79 Å². The van der Waals surface area contributed by atoms with Crippen LogP contribution in [0.5, 0.6) is 0 Å². The van der Waals surface area contributed by atoms with E-state index in [-0.39, 0.29) is 0 Å². The van der Waals surface area contributed by atoms with Gasteiger partial charge in [-0.2, -0.15) is 0 Å². The zero-order chi connectivity index (χ0) is 5.11. The average molecular weight is 96.1 g/mol. The highest BCUT2D eigenvalue weighted by atomic mass is 16.1. The Morgan fingerprint density at radius 1 is 1.43 bits per heavy atom. The Morgan fingerprint density at radius 2 is 2.14 bits per heavy atom. The lowest BCUT2D eigenvalue weighted by Crippen LogP contribution is -1.95. The molecular weight excluding hydrogens is 88.1 g/mol. The van der Waals surface area contributed by atoms with Crippen LogP contribution in [0.1, 0.15) is 19.3 Å². The minimum absolute atomic E-state index is 0.870. The Hall–Kier alpha value is -0.590. The van der Waals surface area contributed by atoms with E-state index in [2.05, 4.69) is 0 Å². The SMILES string of the molecule is O=CC=C1CCC1. The molecule has 1 aliphatic carbocycles. The highest BCUT2D eigenvalue weighted by molar-refractivity contribution is 5.66. The van der Waals surface area contributed by atoms with Crippen molar-refractivity contribution in [3.8, 4) is 0 Å². The van der Waals surface area contributed by atoms with Gasteiger partial charge in [0.2, 0.25) is 0 Å². The lowest BCUT2D eigenvalue weighted by Gasteiger charge is -2.13. The molecule has 1 aliphatic rings. The van der Waals surface area contributed by atoms with Gasteiger partial charge in [-0.3, -0.25) is 4.79 Å². The Labute approximate surface area is 43.0 Å². The first-order valence-corrected chi connectivity index (χ1v) is 2.56. The molecule has 0 N–H and O–H groups in total. The lowest BCUT2D eigenvalue weighted by atomic mass is 9.93. The molecule has 1 heteroatoms. The molecule has 0 radical (unpaired) electrons. The van der Waals surface area contributed by atoms with Crippen molar-refractivity contribution >= 4 is 6.29 Å². The second-order valence-electron chi connectivity index (χ2n) is 1.81. The third-order valence-corrected chi connectivity index (χ3v) is 1.30. The van der Waals surface area contributed by atoms with Gasteiger partial charge >= 0.3 is 0 Å². The van der Waals surface area contributed by atoms with Gasteiger partial charge in [0.15, 0.2) is 0 Å². The number of allylic oxidation sites excluding steroid dienone is 2. The van der Waals surface area contributed by atoms with Gasteiger partial charge < -0.3 is 0 Å². The Kier molecular flexibility index (Phi) is 1.25. The van der Waals surface area contributed by atoms with Gasteiger partial charge in [-0.25, -0.2) is 0 Å². The second-order valence-corrected chi connectivity index (χ2v) is 1.81. The molecule has 0 aromatic carbocycles. The van der Waals surface area contributed by atoms with Crippen LogP contribution in [0.25, 0.3) is 0 Å². The molecule has 0 bridgehead atoms. The summed E-state index contributed by atoms with van der Waals surface area (Å²) in [5, 5.41) is 0. The summed E-state index contributed by atoms with van der Waals surface area (Å²) in [6.07, 6.45) is 6.12.